The van der Waals surface area contributed by atoms with E-state index in [9.17, 15) is 9.90 Å². The van der Waals surface area contributed by atoms with Gasteiger partial charge in [0.2, 0.25) is 0 Å². The molecule has 0 unspecified atom stereocenters. The average molecular weight is 399 g/mol. The number of hydrogen-bond donors (Lipinski definition) is 2. The molecule has 0 saturated heterocycles. The first kappa shape index (κ1) is 15.1. The van der Waals surface area contributed by atoms with Crippen molar-refractivity contribution in [3.63, 3.8) is 0 Å². The molecule has 0 spiro atoms. The minimum absolute atomic E-state index is 0.0356. The summed E-state index contributed by atoms with van der Waals surface area (Å²) in [4.78, 5) is 12.0. The lowest BCUT2D eigenvalue weighted by Crippen LogP contribution is -2.22. The molecule has 0 aliphatic heterocycles. The van der Waals surface area contributed by atoms with E-state index in [4.69, 9.17) is 0 Å². The third-order valence-electron chi connectivity index (χ3n) is 2.83. The summed E-state index contributed by atoms with van der Waals surface area (Å²) in [7, 11) is 0. The Balaban J connectivity index is 2.00. The predicted octanol–water partition coefficient (Wildman–Crippen LogP) is 3.98. The molecule has 104 valence electrons. The van der Waals surface area contributed by atoms with Gasteiger partial charge in [0.1, 0.15) is 5.75 Å². The van der Waals surface area contributed by atoms with Crippen LogP contribution in [0.2, 0.25) is 0 Å². The summed E-state index contributed by atoms with van der Waals surface area (Å²) < 4.78 is 0.733. The zero-order valence-corrected chi connectivity index (χ0v) is 13.7. The maximum Gasteiger partial charge on any atom is 0.255 e. The van der Waals surface area contributed by atoms with E-state index in [-0.39, 0.29) is 17.2 Å². The van der Waals surface area contributed by atoms with Crippen LogP contribution in [0.15, 0.2) is 46.9 Å². The largest absolute Gasteiger partial charge is 0.507 e. The van der Waals surface area contributed by atoms with Gasteiger partial charge in [0.25, 0.3) is 5.91 Å². The highest BCUT2D eigenvalue weighted by molar-refractivity contribution is 9.10. The number of benzene rings is 2. The molecule has 0 atom stereocenters. The van der Waals surface area contributed by atoms with Crippen molar-refractivity contribution in [3.05, 3.63) is 63.6 Å². The molecule has 0 heterocycles. The Kier molecular flexibility index (Phi) is 5.20. The fourth-order valence-corrected chi connectivity index (χ4v) is 2.44. The van der Waals surface area contributed by atoms with Gasteiger partial charge in [0.05, 0.1) is 5.56 Å². The van der Waals surface area contributed by atoms with Crippen LogP contribution in [0.5, 0.6) is 5.75 Å². The van der Waals surface area contributed by atoms with Crippen molar-refractivity contribution in [2.45, 2.75) is 11.9 Å². The number of rotatable bonds is 4. The van der Waals surface area contributed by atoms with E-state index in [2.05, 4.69) is 37.2 Å². The van der Waals surface area contributed by atoms with Crippen LogP contribution in [-0.2, 0) is 11.9 Å². The summed E-state index contributed by atoms with van der Waals surface area (Å²) in [5.74, 6) is -0.328. The van der Waals surface area contributed by atoms with Crippen molar-refractivity contribution < 1.29 is 9.90 Å². The summed E-state index contributed by atoms with van der Waals surface area (Å²) in [6.07, 6.45) is 0. The highest BCUT2D eigenvalue weighted by Crippen LogP contribution is 2.22. The topological polar surface area (TPSA) is 49.3 Å². The zero-order valence-electron chi connectivity index (χ0n) is 10.6. The van der Waals surface area contributed by atoms with Gasteiger partial charge < -0.3 is 10.4 Å². The summed E-state index contributed by atoms with van der Waals surface area (Å²) in [5.41, 5.74) is 2.47. The summed E-state index contributed by atoms with van der Waals surface area (Å²) in [5, 5.41) is 13.3. The molecule has 5 heteroatoms. The third-order valence-corrected chi connectivity index (χ3v) is 3.98. The van der Waals surface area contributed by atoms with Crippen molar-refractivity contribution in [2.24, 2.45) is 0 Å². The number of alkyl halides is 1. The molecule has 3 nitrogen and oxygen atoms in total. The monoisotopic (exact) mass is 397 g/mol. The minimum atomic E-state index is -0.292. The molecule has 0 fully saturated rings. The fourth-order valence-electron chi connectivity index (χ4n) is 1.72. The van der Waals surface area contributed by atoms with Gasteiger partial charge in [-0.1, -0.05) is 56.1 Å². The van der Waals surface area contributed by atoms with E-state index in [1.807, 2.05) is 24.3 Å². The number of nitrogens with one attached hydrogen (secondary N) is 1. The molecule has 2 aromatic carbocycles. The molecular weight excluding hydrogens is 386 g/mol. The molecule has 0 aliphatic rings. The van der Waals surface area contributed by atoms with Crippen LogP contribution >= 0.6 is 31.9 Å². The molecular formula is C15H13Br2NO2. The van der Waals surface area contributed by atoms with Gasteiger partial charge in [-0.3, -0.25) is 4.79 Å². The van der Waals surface area contributed by atoms with Gasteiger partial charge in [-0.2, -0.15) is 0 Å². The van der Waals surface area contributed by atoms with E-state index in [1.54, 1.807) is 12.1 Å². The van der Waals surface area contributed by atoms with Crippen LogP contribution < -0.4 is 5.32 Å². The van der Waals surface area contributed by atoms with E-state index < -0.39 is 0 Å². The fraction of sp³-hybridized carbons (Fsp3) is 0.133. The van der Waals surface area contributed by atoms with Crippen LogP contribution in [0.4, 0.5) is 0 Å². The number of aromatic hydroxyl groups is 1. The SMILES string of the molecule is O=C(NCc1ccc(CBr)cc1)c1ccc(Br)cc1O. The maximum absolute atomic E-state index is 12.0. The van der Waals surface area contributed by atoms with E-state index in [1.165, 1.54) is 11.6 Å². The molecule has 0 radical (unpaired) electrons. The molecule has 0 saturated carbocycles. The van der Waals surface area contributed by atoms with Crippen molar-refractivity contribution in [3.8, 4) is 5.75 Å². The zero-order chi connectivity index (χ0) is 14.5. The van der Waals surface area contributed by atoms with Crippen LogP contribution in [0, 0.1) is 0 Å². The first-order valence-electron chi connectivity index (χ1n) is 6.00. The molecule has 20 heavy (non-hydrogen) atoms. The maximum atomic E-state index is 12.0. The first-order valence-corrected chi connectivity index (χ1v) is 7.92. The van der Waals surface area contributed by atoms with Crippen molar-refractivity contribution in [2.75, 3.05) is 0 Å². The van der Waals surface area contributed by atoms with Gasteiger partial charge >= 0.3 is 0 Å². The second-order valence-electron chi connectivity index (χ2n) is 4.29. The van der Waals surface area contributed by atoms with Crippen molar-refractivity contribution >= 4 is 37.8 Å². The lowest BCUT2D eigenvalue weighted by molar-refractivity contribution is 0.0948. The Morgan fingerprint density at radius 2 is 1.75 bits per heavy atom. The Morgan fingerprint density at radius 3 is 2.35 bits per heavy atom. The van der Waals surface area contributed by atoms with Crippen molar-refractivity contribution in [1.29, 1.82) is 0 Å². The standard InChI is InChI=1S/C15H13Br2NO2/c16-8-10-1-3-11(4-2-10)9-18-15(20)13-6-5-12(17)7-14(13)19/h1-7,19H,8-9H2,(H,18,20). The predicted molar refractivity (Wildman–Crippen MR) is 86.1 cm³/mol. The second kappa shape index (κ2) is 6.90. The first-order chi connectivity index (χ1) is 9.60. The Morgan fingerprint density at radius 1 is 1.10 bits per heavy atom. The van der Waals surface area contributed by atoms with Crippen LogP contribution in [0.25, 0.3) is 0 Å². The second-order valence-corrected chi connectivity index (χ2v) is 5.77. The summed E-state index contributed by atoms with van der Waals surface area (Å²) >= 11 is 6.63. The highest BCUT2D eigenvalue weighted by Gasteiger charge is 2.10. The molecule has 0 aromatic heterocycles. The molecule has 2 aromatic rings. The van der Waals surface area contributed by atoms with E-state index >= 15 is 0 Å². The molecule has 0 aliphatic carbocycles. The Hall–Kier alpha value is -1.33. The summed E-state index contributed by atoms with van der Waals surface area (Å²) in [6, 6.07) is 12.8. The molecule has 0 bridgehead atoms. The molecule has 2 N–H and O–H groups in total. The van der Waals surface area contributed by atoms with Gasteiger partial charge in [-0.25, -0.2) is 0 Å². The lowest BCUT2D eigenvalue weighted by atomic mass is 10.1. The highest BCUT2D eigenvalue weighted by atomic mass is 79.9. The van der Waals surface area contributed by atoms with Gasteiger partial charge in [-0.15, -0.1) is 0 Å². The normalized spacial score (nSPS) is 10.3. The van der Waals surface area contributed by atoms with Gasteiger partial charge in [0.15, 0.2) is 0 Å². The van der Waals surface area contributed by atoms with Crippen LogP contribution in [-0.4, -0.2) is 11.0 Å². The number of halogens is 2. The van der Waals surface area contributed by atoms with Crippen molar-refractivity contribution in [1.82, 2.24) is 5.32 Å². The van der Waals surface area contributed by atoms with Crippen LogP contribution in [0.1, 0.15) is 21.5 Å². The molecule has 1 amide bonds. The Labute approximate surface area is 134 Å². The van der Waals surface area contributed by atoms with E-state index in [0.717, 1.165) is 15.4 Å². The number of hydrogen-bond acceptors (Lipinski definition) is 2. The number of carbonyl (C=O) groups is 1. The average Bonchev–Trinajstić information content (AvgIpc) is 2.45. The minimum Gasteiger partial charge on any atom is -0.507 e. The molecule has 2 rings (SSSR count). The summed E-state index contributed by atoms with van der Waals surface area (Å²) in [6.45, 7) is 0.427. The van der Waals surface area contributed by atoms with Gasteiger partial charge in [0, 0.05) is 16.3 Å². The number of phenolic OH excluding ortho intramolecular Hbond substituents is 1. The Bertz CT molecular complexity index is 612. The lowest BCUT2D eigenvalue weighted by Gasteiger charge is -2.07. The van der Waals surface area contributed by atoms with E-state index in [0.29, 0.717) is 6.54 Å². The number of amides is 1. The quantitative estimate of drug-likeness (QED) is 0.765. The third kappa shape index (κ3) is 3.84. The number of phenols is 1. The number of carbonyl (C=O) groups excluding carboxylic acids is 1. The van der Waals surface area contributed by atoms with Crippen LogP contribution in [0.3, 0.4) is 0 Å². The smallest absolute Gasteiger partial charge is 0.255 e. The van der Waals surface area contributed by atoms with Gasteiger partial charge in [-0.05, 0) is 29.3 Å².